The molecule has 2 atom stereocenters. The Morgan fingerprint density at radius 3 is 2.18 bits per heavy atom. The van der Waals surface area contributed by atoms with Gasteiger partial charge in [-0.1, -0.05) is 48.5 Å². The fourth-order valence-electron chi connectivity index (χ4n) is 4.65. The SMILES string of the molecule is CCS(=O)(=O)N1CC2(C1)[C@H](c1ccccc1)[C@@H](CO)N2C(=O)c1ccccc1. The summed E-state index contributed by atoms with van der Waals surface area (Å²) >= 11 is 0. The van der Waals surface area contributed by atoms with Crippen LogP contribution in [-0.2, 0) is 10.0 Å². The number of amides is 1. The summed E-state index contributed by atoms with van der Waals surface area (Å²) in [7, 11) is -3.32. The molecule has 0 aromatic heterocycles. The van der Waals surface area contributed by atoms with Crippen LogP contribution in [0.4, 0.5) is 0 Å². The molecule has 2 aliphatic heterocycles. The zero-order valence-corrected chi connectivity index (χ0v) is 16.5. The molecule has 2 saturated heterocycles. The van der Waals surface area contributed by atoms with E-state index in [2.05, 4.69) is 0 Å². The molecule has 2 fully saturated rings. The first-order valence-corrected chi connectivity index (χ1v) is 11.1. The second-order valence-electron chi connectivity index (χ2n) is 7.45. The molecule has 2 aliphatic rings. The third kappa shape index (κ3) is 2.77. The monoisotopic (exact) mass is 400 g/mol. The second-order valence-corrected chi connectivity index (χ2v) is 9.71. The van der Waals surface area contributed by atoms with Gasteiger partial charge in [0.25, 0.3) is 5.91 Å². The van der Waals surface area contributed by atoms with E-state index in [0.717, 1.165) is 5.56 Å². The van der Waals surface area contributed by atoms with Crippen LogP contribution in [0.15, 0.2) is 60.7 Å². The van der Waals surface area contributed by atoms with Gasteiger partial charge in [-0.05, 0) is 24.6 Å². The van der Waals surface area contributed by atoms with E-state index in [4.69, 9.17) is 0 Å². The summed E-state index contributed by atoms with van der Waals surface area (Å²) in [6.07, 6.45) is 0. The zero-order valence-electron chi connectivity index (χ0n) is 15.7. The van der Waals surface area contributed by atoms with E-state index in [1.807, 2.05) is 36.4 Å². The number of carbonyl (C=O) groups is 1. The lowest BCUT2D eigenvalue weighted by Gasteiger charge is -2.70. The van der Waals surface area contributed by atoms with Gasteiger partial charge in [-0.3, -0.25) is 4.79 Å². The number of nitrogens with zero attached hydrogens (tertiary/aromatic N) is 2. The van der Waals surface area contributed by atoms with Crippen LogP contribution in [0.1, 0.15) is 28.8 Å². The van der Waals surface area contributed by atoms with Crippen molar-refractivity contribution in [3.63, 3.8) is 0 Å². The quantitative estimate of drug-likeness (QED) is 0.829. The number of rotatable bonds is 5. The molecule has 2 heterocycles. The second kappa shape index (κ2) is 6.99. The first-order valence-electron chi connectivity index (χ1n) is 9.47. The number of aliphatic hydroxyl groups is 1. The summed E-state index contributed by atoms with van der Waals surface area (Å²) < 4.78 is 26.1. The first-order chi connectivity index (χ1) is 13.4. The molecule has 0 aliphatic carbocycles. The van der Waals surface area contributed by atoms with Crippen LogP contribution in [0.25, 0.3) is 0 Å². The average molecular weight is 401 g/mol. The minimum atomic E-state index is -3.32. The molecule has 28 heavy (non-hydrogen) atoms. The zero-order chi connectivity index (χ0) is 19.9. The largest absolute Gasteiger partial charge is 0.394 e. The molecule has 0 saturated carbocycles. The van der Waals surface area contributed by atoms with E-state index in [0.29, 0.717) is 5.56 Å². The number of carbonyl (C=O) groups excluding carboxylic acids is 1. The Morgan fingerprint density at radius 2 is 1.64 bits per heavy atom. The molecule has 4 rings (SSSR count). The summed E-state index contributed by atoms with van der Waals surface area (Å²) in [6.45, 7) is 1.98. The fourth-order valence-corrected chi connectivity index (χ4v) is 5.86. The average Bonchev–Trinajstić information content (AvgIpc) is 2.67. The van der Waals surface area contributed by atoms with Crippen molar-refractivity contribution in [1.82, 2.24) is 9.21 Å². The van der Waals surface area contributed by atoms with Gasteiger partial charge in [0.2, 0.25) is 10.0 Å². The van der Waals surface area contributed by atoms with Gasteiger partial charge < -0.3 is 10.0 Å². The number of hydrogen-bond acceptors (Lipinski definition) is 4. The molecular formula is C21H24N2O4S. The molecule has 0 unspecified atom stereocenters. The van der Waals surface area contributed by atoms with E-state index in [-0.39, 0.29) is 43.3 Å². The maximum Gasteiger partial charge on any atom is 0.254 e. The lowest BCUT2D eigenvalue weighted by atomic mass is 9.61. The predicted molar refractivity (Wildman–Crippen MR) is 106 cm³/mol. The van der Waals surface area contributed by atoms with Gasteiger partial charge in [-0.25, -0.2) is 8.42 Å². The van der Waals surface area contributed by atoms with Crippen molar-refractivity contribution in [1.29, 1.82) is 0 Å². The van der Waals surface area contributed by atoms with Gasteiger partial charge in [0.15, 0.2) is 0 Å². The summed E-state index contributed by atoms with van der Waals surface area (Å²) in [5, 5.41) is 10.1. The summed E-state index contributed by atoms with van der Waals surface area (Å²) in [6, 6.07) is 18.3. The molecule has 2 aromatic carbocycles. The van der Waals surface area contributed by atoms with E-state index < -0.39 is 15.6 Å². The number of likely N-dealkylation sites (tertiary alicyclic amines) is 1. The van der Waals surface area contributed by atoms with E-state index in [1.165, 1.54) is 4.31 Å². The molecule has 148 valence electrons. The van der Waals surface area contributed by atoms with Gasteiger partial charge in [0.1, 0.15) is 0 Å². The minimum absolute atomic E-state index is 0.0368. The van der Waals surface area contributed by atoms with Gasteiger partial charge in [-0.2, -0.15) is 4.31 Å². The van der Waals surface area contributed by atoms with Crippen LogP contribution < -0.4 is 0 Å². The molecule has 1 amide bonds. The molecule has 7 heteroatoms. The Kier molecular flexibility index (Phi) is 4.77. The molecular weight excluding hydrogens is 376 g/mol. The van der Waals surface area contributed by atoms with Crippen LogP contribution >= 0.6 is 0 Å². The highest BCUT2D eigenvalue weighted by molar-refractivity contribution is 7.89. The topological polar surface area (TPSA) is 77.9 Å². The van der Waals surface area contributed by atoms with Crippen molar-refractivity contribution < 1.29 is 18.3 Å². The van der Waals surface area contributed by atoms with E-state index in [1.54, 1.807) is 36.1 Å². The highest BCUT2D eigenvalue weighted by atomic mass is 32.2. The van der Waals surface area contributed by atoms with Crippen molar-refractivity contribution in [3.05, 3.63) is 71.8 Å². The van der Waals surface area contributed by atoms with Crippen LogP contribution in [0.2, 0.25) is 0 Å². The molecule has 1 N–H and O–H groups in total. The van der Waals surface area contributed by atoms with Crippen LogP contribution in [0.5, 0.6) is 0 Å². The molecule has 1 spiro atoms. The summed E-state index contributed by atoms with van der Waals surface area (Å²) in [5.41, 5.74) is 0.944. The van der Waals surface area contributed by atoms with Gasteiger partial charge >= 0.3 is 0 Å². The number of aliphatic hydroxyl groups excluding tert-OH is 1. The standard InChI is InChI=1S/C21H24N2O4S/c1-2-28(26,27)22-14-21(15-22)19(16-9-5-3-6-10-16)18(13-24)23(21)20(25)17-11-7-4-8-12-17/h3-12,18-19,24H,2,13-15H2,1H3/t18-,19-/m1/s1. The normalized spacial score (nSPS) is 23.9. The van der Waals surface area contributed by atoms with Crippen LogP contribution in [-0.4, -0.2) is 65.7 Å². The fraction of sp³-hybridized carbons (Fsp3) is 0.381. The van der Waals surface area contributed by atoms with Crippen molar-refractivity contribution in [2.75, 3.05) is 25.4 Å². The predicted octanol–water partition coefficient (Wildman–Crippen LogP) is 1.69. The third-order valence-corrected chi connectivity index (χ3v) is 7.79. The maximum absolute atomic E-state index is 13.3. The Morgan fingerprint density at radius 1 is 1.07 bits per heavy atom. The van der Waals surface area contributed by atoms with Crippen molar-refractivity contribution in [2.45, 2.75) is 24.4 Å². The Hall–Kier alpha value is -2.22. The molecule has 2 aromatic rings. The number of hydrogen-bond donors (Lipinski definition) is 1. The highest BCUT2D eigenvalue weighted by Crippen LogP contribution is 2.54. The maximum atomic E-state index is 13.3. The van der Waals surface area contributed by atoms with E-state index in [9.17, 15) is 18.3 Å². The molecule has 0 bridgehead atoms. The number of sulfonamides is 1. The van der Waals surface area contributed by atoms with Crippen molar-refractivity contribution in [2.24, 2.45) is 0 Å². The van der Waals surface area contributed by atoms with Crippen LogP contribution in [0.3, 0.4) is 0 Å². The number of benzene rings is 2. The highest BCUT2D eigenvalue weighted by Gasteiger charge is 2.68. The van der Waals surface area contributed by atoms with Crippen molar-refractivity contribution >= 4 is 15.9 Å². The van der Waals surface area contributed by atoms with Gasteiger partial charge in [0, 0.05) is 24.6 Å². The Bertz CT molecular complexity index is 956. The summed E-state index contributed by atoms with van der Waals surface area (Å²) in [4.78, 5) is 15.0. The lowest BCUT2D eigenvalue weighted by molar-refractivity contribution is -0.142. The molecule has 6 nitrogen and oxygen atoms in total. The molecule has 0 radical (unpaired) electrons. The van der Waals surface area contributed by atoms with Gasteiger partial charge in [-0.15, -0.1) is 0 Å². The summed E-state index contributed by atoms with van der Waals surface area (Å²) in [5.74, 6) is -0.232. The van der Waals surface area contributed by atoms with E-state index >= 15 is 0 Å². The van der Waals surface area contributed by atoms with Crippen LogP contribution in [0, 0.1) is 0 Å². The Balaban J connectivity index is 1.72. The first kappa shape index (κ1) is 19.1. The Labute approximate surface area is 165 Å². The van der Waals surface area contributed by atoms with Gasteiger partial charge in [0.05, 0.1) is 23.9 Å². The smallest absolute Gasteiger partial charge is 0.254 e. The van der Waals surface area contributed by atoms with Crippen molar-refractivity contribution in [3.8, 4) is 0 Å². The third-order valence-electron chi connectivity index (χ3n) is 6.02. The minimum Gasteiger partial charge on any atom is -0.394 e. The lowest BCUT2D eigenvalue weighted by Crippen LogP contribution is -2.85.